The molecule has 2 aromatic heterocycles. The van der Waals surface area contributed by atoms with Gasteiger partial charge in [-0.05, 0) is 94.7 Å². The summed E-state index contributed by atoms with van der Waals surface area (Å²) in [5.74, 6) is 1.73. The quantitative estimate of drug-likeness (QED) is 0.398. The van der Waals surface area contributed by atoms with E-state index in [0.717, 1.165) is 47.9 Å². The van der Waals surface area contributed by atoms with E-state index in [1.165, 1.54) is 24.2 Å². The van der Waals surface area contributed by atoms with Crippen molar-refractivity contribution in [2.24, 2.45) is 23.2 Å². The number of carbonyl (C=O) groups excluding carboxylic acids is 2. The monoisotopic (exact) mass is 537 g/mol. The molecule has 7 nitrogen and oxygen atoms in total. The van der Waals surface area contributed by atoms with Crippen molar-refractivity contribution in [2.45, 2.75) is 76.4 Å². The molecule has 0 aliphatic heterocycles. The molecule has 7 rings (SSSR count). The van der Waals surface area contributed by atoms with E-state index in [-0.39, 0.29) is 28.8 Å². The number of halogens is 1. The van der Waals surface area contributed by atoms with Crippen LogP contribution in [0.3, 0.4) is 0 Å². The van der Waals surface area contributed by atoms with Crippen molar-refractivity contribution < 1.29 is 9.59 Å². The van der Waals surface area contributed by atoms with Gasteiger partial charge < -0.3 is 16.0 Å². The third-order valence-corrected chi connectivity index (χ3v) is 10.5. The van der Waals surface area contributed by atoms with Crippen LogP contribution in [0.1, 0.15) is 78.2 Å². The van der Waals surface area contributed by atoms with Crippen molar-refractivity contribution in [2.75, 3.05) is 5.32 Å². The molecule has 5 unspecified atom stereocenters. The van der Waals surface area contributed by atoms with Crippen LogP contribution in [0, 0.1) is 41.4 Å². The molecule has 0 saturated heterocycles. The number of aromatic nitrogens is 1. The SMILES string of the molecule is Cc1ncc(Cl)cc1NC(C)c1ccc(C(=O)NC(CC2CCC3CC23)C(=O)NC23CC(C#N)(C2)C3)s1. The first-order valence-corrected chi connectivity index (χ1v) is 14.4. The Hall–Kier alpha value is -2.63. The molecule has 5 aliphatic rings. The van der Waals surface area contributed by atoms with Crippen molar-refractivity contribution >= 4 is 40.4 Å². The molecule has 9 heteroatoms. The van der Waals surface area contributed by atoms with E-state index in [1.54, 1.807) is 6.20 Å². The number of nitriles is 1. The van der Waals surface area contributed by atoms with E-state index in [2.05, 4.69) is 27.0 Å². The molecule has 5 aliphatic carbocycles. The topological polar surface area (TPSA) is 107 Å². The van der Waals surface area contributed by atoms with E-state index < -0.39 is 6.04 Å². The predicted molar refractivity (Wildman–Crippen MR) is 143 cm³/mol. The second kappa shape index (κ2) is 8.99. The summed E-state index contributed by atoms with van der Waals surface area (Å²) in [5, 5.41) is 19.6. The Balaban J connectivity index is 1.12. The fraction of sp³-hybridized carbons (Fsp3) is 0.571. The van der Waals surface area contributed by atoms with Gasteiger partial charge in [-0.3, -0.25) is 14.6 Å². The Morgan fingerprint density at radius 3 is 2.76 bits per heavy atom. The third-order valence-electron chi connectivity index (χ3n) is 9.01. The standard InChI is InChI=1S/C28H32ClN5O2S/c1-15-21(9-19(29)10-31-15)32-16(2)23-5-6-24(37-23)26(36)33-22(8-18-4-3-17-7-20(17)18)25(35)34-28-11-27(12-28,13-28)14-30/h5-6,9-10,16-18,20,22,32H,3-4,7-8,11-13H2,1-2H3,(H,33,36)(H,34,35). The number of hydrogen-bond acceptors (Lipinski definition) is 6. The van der Waals surface area contributed by atoms with Crippen LogP contribution >= 0.6 is 22.9 Å². The second-order valence-corrected chi connectivity index (χ2v) is 13.4. The number of hydrogen-bond donors (Lipinski definition) is 3. The Labute approximate surface area is 226 Å². The Kier molecular flexibility index (Phi) is 6.00. The number of nitrogens with zero attached hydrogens (tertiary/aromatic N) is 2. The molecule has 2 bridgehead atoms. The number of rotatable bonds is 9. The van der Waals surface area contributed by atoms with Crippen molar-refractivity contribution in [3.63, 3.8) is 0 Å². The van der Waals surface area contributed by atoms with Crippen LogP contribution in [-0.2, 0) is 4.79 Å². The molecule has 0 radical (unpaired) electrons. The molecular formula is C28H32ClN5O2S. The number of aryl methyl sites for hydroxylation is 1. The van der Waals surface area contributed by atoms with Crippen LogP contribution in [0.25, 0.3) is 0 Å². The molecule has 3 N–H and O–H groups in total. The smallest absolute Gasteiger partial charge is 0.262 e. The molecule has 2 heterocycles. The molecule has 5 saturated carbocycles. The summed E-state index contributed by atoms with van der Waals surface area (Å²) in [6, 6.07) is 7.44. The number of fused-ring (bicyclic) bond motifs is 1. The average molecular weight is 538 g/mol. The highest BCUT2D eigenvalue weighted by Gasteiger charge is 2.69. The third kappa shape index (κ3) is 4.61. The van der Waals surface area contributed by atoms with Gasteiger partial charge in [-0.15, -0.1) is 11.3 Å². The van der Waals surface area contributed by atoms with Gasteiger partial charge in [0.15, 0.2) is 0 Å². The number of thiophene rings is 1. The van der Waals surface area contributed by atoms with Gasteiger partial charge in [0.25, 0.3) is 5.91 Å². The van der Waals surface area contributed by atoms with Gasteiger partial charge in [-0.25, -0.2) is 0 Å². The highest BCUT2D eigenvalue weighted by atomic mass is 35.5. The minimum Gasteiger partial charge on any atom is -0.376 e. The summed E-state index contributed by atoms with van der Waals surface area (Å²) in [5.41, 5.74) is 1.25. The van der Waals surface area contributed by atoms with Gasteiger partial charge in [0.2, 0.25) is 5.91 Å². The second-order valence-electron chi connectivity index (χ2n) is 11.8. The maximum atomic E-state index is 13.4. The largest absolute Gasteiger partial charge is 0.376 e. The minimum absolute atomic E-state index is 0.0355. The van der Waals surface area contributed by atoms with Gasteiger partial charge in [0.1, 0.15) is 6.04 Å². The average Bonchev–Trinajstić information content (AvgIpc) is 3.23. The first-order chi connectivity index (χ1) is 17.7. The van der Waals surface area contributed by atoms with Crippen molar-refractivity contribution in [1.29, 1.82) is 5.26 Å². The lowest BCUT2D eigenvalue weighted by molar-refractivity contribution is -0.146. The molecule has 0 spiro atoms. The summed E-state index contributed by atoms with van der Waals surface area (Å²) in [4.78, 5) is 32.6. The van der Waals surface area contributed by atoms with Crippen LogP contribution < -0.4 is 16.0 Å². The lowest BCUT2D eigenvalue weighted by Crippen LogP contribution is -2.75. The van der Waals surface area contributed by atoms with E-state index in [1.807, 2.05) is 32.0 Å². The van der Waals surface area contributed by atoms with Crippen LogP contribution in [0.15, 0.2) is 24.4 Å². The molecule has 0 aromatic carbocycles. The van der Waals surface area contributed by atoms with Crippen LogP contribution in [0.4, 0.5) is 5.69 Å². The summed E-state index contributed by atoms with van der Waals surface area (Å²) < 4.78 is 0. The molecule has 5 atom stereocenters. The molecule has 2 aromatic rings. The maximum absolute atomic E-state index is 13.4. The Morgan fingerprint density at radius 1 is 1.30 bits per heavy atom. The highest BCUT2D eigenvalue weighted by Crippen LogP contribution is 2.66. The van der Waals surface area contributed by atoms with Crippen molar-refractivity contribution in [3.05, 3.63) is 44.9 Å². The first-order valence-electron chi connectivity index (χ1n) is 13.2. The zero-order valence-electron chi connectivity index (χ0n) is 21.1. The van der Waals surface area contributed by atoms with E-state index in [9.17, 15) is 14.9 Å². The molecule has 5 fully saturated rings. The van der Waals surface area contributed by atoms with E-state index in [4.69, 9.17) is 11.6 Å². The van der Waals surface area contributed by atoms with Crippen molar-refractivity contribution in [3.8, 4) is 6.07 Å². The van der Waals surface area contributed by atoms with Crippen LogP contribution in [0.2, 0.25) is 5.02 Å². The predicted octanol–water partition coefficient (Wildman–Crippen LogP) is 5.38. The summed E-state index contributed by atoms with van der Waals surface area (Å²) in [7, 11) is 0. The van der Waals surface area contributed by atoms with Crippen LogP contribution in [0.5, 0.6) is 0 Å². The summed E-state index contributed by atoms with van der Waals surface area (Å²) >= 11 is 7.54. The Morgan fingerprint density at radius 2 is 2.08 bits per heavy atom. The zero-order valence-corrected chi connectivity index (χ0v) is 22.7. The van der Waals surface area contributed by atoms with Gasteiger partial charge in [-0.2, -0.15) is 5.26 Å². The van der Waals surface area contributed by atoms with Gasteiger partial charge in [0, 0.05) is 16.6 Å². The molecule has 2 amide bonds. The lowest BCUT2D eigenvalue weighted by atomic mass is 9.40. The van der Waals surface area contributed by atoms with E-state index in [0.29, 0.717) is 28.2 Å². The van der Waals surface area contributed by atoms with E-state index >= 15 is 0 Å². The van der Waals surface area contributed by atoms with Gasteiger partial charge in [0.05, 0.1) is 38.8 Å². The molecular weight excluding hydrogens is 506 g/mol. The van der Waals surface area contributed by atoms with Gasteiger partial charge in [-0.1, -0.05) is 11.6 Å². The zero-order chi connectivity index (χ0) is 25.9. The molecule has 194 valence electrons. The number of anilines is 1. The fourth-order valence-corrected chi connectivity index (χ4v) is 8.00. The van der Waals surface area contributed by atoms with Crippen molar-refractivity contribution in [1.82, 2.24) is 15.6 Å². The first kappa shape index (κ1) is 24.7. The number of amides is 2. The fourth-order valence-electron chi connectivity index (χ4n) is 6.93. The lowest BCUT2D eigenvalue weighted by Gasteiger charge is -2.67. The number of nitrogens with one attached hydrogen (secondary N) is 3. The number of carbonyl (C=O) groups is 2. The minimum atomic E-state index is -0.551. The van der Waals surface area contributed by atoms with Gasteiger partial charge >= 0.3 is 0 Å². The normalized spacial score (nSPS) is 32.1. The Bertz CT molecular complexity index is 1280. The summed E-state index contributed by atoms with van der Waals surface area (Å²) in [6.45, 7) is 3.96. The molecule has 37 heavy (non-hydrogen) atoms. The summed E-state index contributed by atoms with van der Waals surface area (Å²) in [6.07, 6.45) is 8.16. The number of pyridine rings is 1. The maximum Gasteiger partial charge on any atom is 0.262 e. The van der Waals surface area contributed by atoms with Crippen LogP contribution in [-0.4, -0.2) is 28.4 Å². The highest BCUT2D eigenvalue weighted by molar-refractivity contribution is 7.14.